The van der Waals surface area contributed by atoms with E-state index in [2.05, 4.69) is 140 Å². The molecule has 0 radical (unpaired) electrons. The Labute approximate surface area is 235 Å². The topological polar surface area (TPSA) is 3.24 Å². The summed E-state index contributed by atoms with van der Waals surface area (Å²) in [5.41, 5.74) is 0. The molecule has 14 rings (SSSR count). The molecule has 0 N–H and O–H groups in total. The first kappa shape index (κ1) is 21.0. The average molecular weight is 611 g/mol. The summed E-state index contributed by atoms with van der Waals surface area (Å²) in [6, 6.07) is 47.9. The fourth-order valence-electron chi connectivity index (χ4n) is 22.2. The number of nitrogens with zero attached hydrogens (tertiary/aromatic N) is 1. The van der Waals surface area contributed by atoms with Crippen molar-refractivity contribution in [1.29, 1.82) is 0 Å². The number of benzene rings is 4. The first-order chi connectivity index (χ1) is 19.9. The number of hydrogen-bond donors (Lipinski definition) is 0. The third-order valence-corrected chi connectivity index (χ3v) is 73.5. The fourth-order valence-corrected chi connectivity index (χ4v) is 117. The Kier molecular flexibility index (Phi) is 1.79. The van der Waals surface area contributed by atoms with Gasteiger partial charge in [0.05, 0.1) is 0 Å². The van der Waals surface area contributed by atoms with Crippen LogP contribution in [-0.4, -0.2) is 21.8 Å². The van der Waals surface area contributed by atoms with E-state index in [0.29, 0.717) is 10.4 Å². The Hall–Kier alpha value is -1.78. The van der Waals surface area contributed by atoms with E-state index in [1.807, 2.05) is 0 Å². The Bertz CT molecular complexity index is 2150. The molecule has 10 saturated heterocycles. The van der Waals surface area contributed by atoms with Gasteiger partial charge >= 0.3 is 237 Å². The summed E-state index contributed by atoms with van der Waals surface area (Å²) in [5, 5.41) is 6.48. The van der Waals surface area contributed by atoms with Crippen molar-refractivity contribution in [2.75, 3.05) is 7.05 Å². The first-order valence-electron chi connectivity index (χ1n) is 15.7. The van der Waals surface area contributed by atoms with Gasteiger partial charge in [0.15, 0.2) is 0 Å². The van der Waals surface area contributed by atoms with Crippen molar-refractivity contribution in [2.45, 2.75) is 59.9 Å². The van der Waals surface area contributed by atoms with Crippen LogP contribution in [0.1, 0.15) is 6.92 Å². The van der Waals surface area contributed by atoms with Gasteiger partial charge in [0, 0.05) is 0 Å². The molecule has 0 saturated carbocycles. The summed E-state index contributed by atoms with van der Waals surface area (Å²) in [7, 11) is 1.68. The molecule has 1 nitrogen and oxygen atoms in total. The molecule has 0 aromatic heterocycles. The summed E-state index contributed by atoms with van der Waals surface area (Å²) in [4.78, 5) is 10.2. The van der Waals surface area contributed by atoms with Crippen LogP contribution in [0.25, 0.3) is 0 Å². The first-order valence-corrected chi connectivity index (χ1v) is 24.5. The molecule has 4 aromatic rings. The summed E-state index contributed by atoms with van der Waals surface area (Å²) in [5.74, 6) is 0. The Morgan fingerprint density at radius 2 is 0.951 bits per heavy atom. The number of fused-ring (bicyclic) bond motifs is 10. The summed E-state index contributed by atoms with van der Waals surface area (Å²) >= 11 is 0. The maximum absolute atomic E-state index is 3.82. The molecule has 1 spiro atoms. The SMILES string of the molecule is CC(N(C)P(c1ccccc1)c1ccccc1)[C@]12[CH]3[CH]4[CH]5[C]1(P(c1ccccc1)c1ccccc1)[Fe]45321678[CH]2[CH]1[CH]6[CH]7[CH]28. The quantitative estimate of drug-likeness (QED) is 0.144. The third kappa shape index (κ3) is 0.583. The van der Waals surface area contributed by atoms with E-state index >= 15 is 0 Å². The van der Waals surface area contributed by atoms with Gasteiger partial charge in [-0.2, -0.15) is 0 Å². The van der Waals surface area contributed by atoms with Crippen molar-refractivity contribution in [3.63, 3.8) is 0 Å². The monoisotopic (exact) mass is 611 g/mol. The molecule has 10 fully saturated rings. The van der Waals surface area contributed by atoms with Crippen LogP contribution in [0.4, 0.5) is 0 Å². The summed E-state index contributed by atoms with van der Waals surface area (Å²) in [6.45, 7) is -1.05. The molecule has 0 aliphatic carbocycles. The molecule has 206 valence electrons. The van der Waals surface area contributed by atoms with Crippen molar-refractivity contribution < 1.29 is 6.51 Å². The van der Waals surface area contributed by atoms with E-state index in [9.17, 15) is 0 Å². The van der Waals surface area contributed by atoms with Crippen LogP contribution in [-0.2, 0) is 6.51 Å². The second-order valence-electron chi connectivity index (χ2n) is 17.0. The normalized spacial score (nSPS) is 59.0. The second-order valence-corrected chi connectivity index (χ2v) is 45.4. The summed E-state index contributed by atoms with van der Waals surface area (Å²) in [6.07, 6.45) is 0. The molecule has 41 heavy (non-hydrogen) atoms. The zero-order valence-corrected chi connectivity index (χ0v) is 26.3. The van der Waals surface area contributed by atoms with E-state index in [1.54, 1.807) is 10.6 Å². The molecule has 5 unspecified atom stereocenters. The van der Waals surface area contributed by atoms with Crippen LogP contribution < -0.4 is 21.2 Å². The van der Waals surface area contributed by atoms with Gasteiger partial charge in [0.2, 0.25) is 0 Å². The molecule has 10 aliphatic rings. The van der Waals surface area contributed by atoms with Crippen molar-refractivity contribution >= 4 is 37.2 Å². The van der Waals surface area contributed by atoms with E-state index in [0.717, 1.165) is 4.05 Å². The molecule has 10 heterocycles. The predicted molar refractivity (Wildman–Crippen MR) is 171 cm³/mol. The van der Waals surface area contributed by atoms with Crippen molar-refractivity contribution in [2.24, 2.45) is 0 Å². The average Bonchev–Trinajstić information content (AvgIpc) is 3.98. The molecule has 10 aliphatic heterocycles. The molecule has 4 aromatic carbocycles. The van der Waals surface area contributed by atoms with Crippen molar-refractivity contribution in [3.05, 3.63) is 121 Å². The van der Waals surface area contributed by atoms with Crippen LogP contribution >= 0.6 is 16.0 Å². The Morgan fingerprint density at radius 3 is 1.32 bits per heavy atom. The maximum atomic E-state index is 2.99. The Morgan fingerprint density at radius 1 is 0.561 bits per heavy atom. The minimum absolute atomic E-state index is 0.321. The summed E-state index contributed by atoms with van der Waals surface area (Å²) < 4.78 is 4.43. The van der Waals surface area contributed by atoms with Gasteiger partial charge < -0.3 is 0 Å². The van der Waals surface area contributed by atoms with Crippen LogP contribution in [0.2, 0.25) is 42.8 Å². The van der Waals surface area contributed by atoms with E-state index in [-0.39, 0.29) is 7.92 Å². The van der Waals surface area contributed by atoms with Gasteiger partial charge in [-0.3, -0.25) is 0 Å². The van der Waals surface area contributed by atoms with Crippen molar-refractivity contribution in [1.82, 2.24) is 4.67 Å². The second kappa shape index (κ2) is 3.49. The minimum atomic E-state index is -3.82. The van der Waals surface area contributed by atoms with Gasteiger partial charge in [0.1, 0.15) is 0 Å². The predicted octanol–water partition coefficient (Wildman–Crippen LogP) is 8.15. The number of hydrogen-bond acceptors (Lipinski definition) is 1. The van der Waals surface area contributed by atoms with Gasteiger partial charge in [0.25, 0.3) is 0 Å². The third-order valence-electron chi connectivity index (χ3n) is 20.7. The van der Waals surface area contributed by atoms with Gasteiger partial charge in [-0.25, -0.2) is 0 Å². The van der Waals surface area contributed by atoms with Gasteiger partial charge in [-0.05, 0) is 0 Å². The zero-order chi connectivity index (χ0) is 26.7. The standard InChI is InChI=1S/C32H30NP2.C5H5.Fe/c1-26(33(2)35(29-20-11-5-12-21-29)30-22-13-6-14-23-30)31-24-15-25-32(31)34(27-16-7-3-8-17-27)28-18-9-4-10-19-28;1-2-4-5-3-1;/h3-26H,1-2H3;1-5H;. The Balaban J connectivity index is 1.04. The van der Waals surface area contributed by atoms with Gasteiger partial charge in [-0.15, -0.1) is 0 Å². The van der Waals surface area contributed by atoms with Crippen LogP contribution in [0.3, 0.4) is 0 Å². The fraction of sp³-hybridized carbons (Fsp3) is 0.351. The van der Waals surface area contributed by atoms with E-state index in [1.165, 1.54) is 49.1 Å². The van der Waals surface area contributed by atoms with Crippen LogP contribution in [0.5, 0.6) is 0 Å². The van der Waals surface area contributed by atoms with Crippen LogP contribution in [0.15, 0.2) is 121 Å². The molecular formula is C37H35FeNP2. The van der Waals surface area contributed by atoms with E-state index in [4.69, 9.17) is 0 Å². The molecule has 0 bridgehead atoms. The van der Waals surface area contributed by atoms with Crippen molar-refractivity contribution in [3.8, 4) is 0 Å². The molecule has 4 heteroatoms. The number of rotatable bonds is 8. The molecule has 0 amide bonds. The molecule has 6 atom stereocenters. The van der Waals surface area contributed by atoms with Crippen LogP contribution in [0, 0.1) is 0 Å². The van der Waals surface area contributed by atoms with Gasteiger partial charge in [-0.1, -0.05) is 0 Å². The molecular weight excluding hydrogens is 576 g/mol. The van der Waals surface area contributed by atoms with E-state index < -0.39 is 14.6 Å². The zero-order valence-electron chi connectivity index (χ0n) is 23.4.